The SMILES string of the molecule is Cc1c(-c2[nH]c3ccc(N4CCNC(C(C)C)C4)nc3c2C(C)C)cn2ncnc2c1C. The van der Waals surface area contributed by atoms with Crippen LogP contribution in [0.25, 0.3) is 27.9 Å². The molecule has 1 aliphatic rings. The highest BCUT2D eigenvalue weighted by Crippen LogP contribution is 2.38. The molecular formula is C25H33N7. The first-order valence-electron chi connectivity index (χ1n) is 11.7. The molecule has 0 radical (unpaired) electrons. The molecule has 0 amide bonds. The van der Waals surface area contributed by atoms with Gasteiger partial charge in [0, 0.05) is 43.0 Å². The lowest BCUT2D eigenvalue weighted by Gasteiger charge is -2.36. The van der Waals surface area contributed by atoms with Crippen LogP contribution in [0.3, 0.4) is 0 Å². The number of aromatic amines is 1. The van der Waals surface area contributed by atoms with Crippen LogP contribution in [0.4, 0.5) is 5.82 Å². The quantitative estimate of drug-likeness (QED) is 0.499. The third-order valence-electron chi connectivity index (χ3n) is 6.97. The van der Waals surface area contributed by atoms with Crippen molar-refractivity contribution >= 4 is 22.5 Å². The second-order valence-electron chi connectivity index (χ2n) is 9.71. The minimum atomic E-state index is 0.332. The number of nitrogens with zero attached hydrogens (tertiary/aromatic N) is 5. The second-order valence-corrected chi connectivity index (χ2v) is 9.71. The fraction of sp³-hybridized carbons (Fsp3) is 0.480. The van der Waals surface area contributed by atoms with Gasteiger partial charge >= 0.3 is 0 Å². The fourth-order valence-corrected chi connectivity index (χ4v) is 4.91. The first kappa shape index (κ1) is 20.9. The van der Waals surface area contributed by atoms with Gasteiger partial charge in [0.1, 0.15) is 12.1 Å². The Morgan fingerprint density at radius 2 is 1.91 bits per heavy atom. The van der Waals surface area contributed by atoms with E-state index in [1.807, 2.05) is 4.52 Å². The molecule has 0 bridgehead atoms. The Bertz CT molecular complexity index is 1280. The molecule has 5 rings (SSSR count). The average molecular weight is 432 g/mol. The predicted octanol–water partition coefficient (Wildman–Crippen LogP) is 4.45. The van der Waals surface area contributed by atoms with Crippen LogP contribution in [0.1, 0.15) is 50.3 Å². The van der Waals surface area contributed by atoms with E-state index in [1.165, 1.54) is 11.1 Å². The van der Waals surface area contributed by atoms with Gasteiger partial charge in [-0.05, 0) is 48.9 Å². The van der Waals surface area contributed by atoms with Crippen LogP contribution in [-0.2, 0) is 0 Å². The molecule has 7 heteroatoms. The summed E-state index contributed by atoms with van der Waals surface area (Å²) in [6.45, 7) is 16.3. The number of hydrogen-bond donors (Lipinski definition) is 2. The molecule has 32 heavy (non-hydrogen) atoms. The number of hydrogen-bond acceptors (Lipinski definition) is 5. The first-order valence-corrected chi connectivity index (χ1v) is 11.7. The summed E-state index contributed by atoms with van der Waals surface area (Å²) in [6.07, 6.45) is 3.71. The van der Waals surface area contributed by atoms with Crippen molar-refractivity contribution in [2.24, 2.45) is 5.92 Å². The molecular weight excluding hydrogens is 398 g/mol. The van der Waals surface area contributed by atoms with Gasteiger partial charge in [0.15, 0.2) is 5.65 Å². The molecule has 0 saturated carbocycles. The first-order chi connectivity index (χ1) is 15.3. The van der Waals surface area contributed by atoms with Crippen LogP contribution in [-0.4, -0.2) is 50.2 Å². The maximum absolute atomic E-state index is 5.20. The lowest BCUT2D eigenvalue weighted by molar-refractivity contribution is 0.367. The summed E-state index contributed by atoms with van der Waals surface area (Å²) in [5.41, 5.74) is 9.00. The predicted molar refractivity (Wildman–Crippen MR) is 130 cm³/mol. The van der Waals surface area contributed by atoms with Gasteiger partial charge in [0.25, 0.3) is 0 Å². The minimum Gasteiger partial charge on any atom is -0.354 e. The molecule has 1 fully saturated rings. The summed E-state index contributed by atoms with van der Waals surface area (Å²) >= 11 is 0. The Hall–Kier alpha value is -2.93. The van der Waals surface area contributed by atoms with E-state index in [2.05, 4.69) is 85.2 Å². The average Bonchev–Trinajstić information content (AvgIpc) is 3.40. The highest BCUT2D eigenvalue weighted by Gasteiger charge is 2.25. The highest BCUT2D eigenvalue weighted by atomic mass is 15.3. The lowest BCUT2D eigenvalue weighted by Crippen LogP contribution is -2.53. The van der Waals surface area contributed by atoms with Crippen molar-refractivity contribution in [2.75, 3.05) is 24.5 Å². The number of fused-ring (bicyclic) bond motifs is 2. The smallest absolute Gasteiger partial charge is 0.158 e. The van der Waals surface area contributed by atoms with Gasteiger partial charge in [-0.15, -0.1) is 0 Å². The molecule has 0 spiro atoms. The van der Waals surface area contributed by atoms with Gasteiger partial charge in [-0.25, -0.2) is 14.5 Å². The van der Waals surface area contributed by atoms with Gasteiger partial charge in [0.2, 0.25) is 0 Å². The highest BCUT2D eigenvalue weighted by molar-refractivity contribution is 5.90. The van der Waals surface area contributed by atoms with Gasteiger partial charge in [0.05, 0.1) is 16.7 Å². The van der Waals surface area contributed by atoms with Crippen LogP contribution in [0.15, 0.2) is 24.7 Å². The van der Waals surface area contributed by atoms with Crippen molar-refractivity contribution in [1.82, 2.24) is 29.9 Å². The Morgan fingerprint density at radius 3 is 2.66 bits per heavy atom. The number of aryl methyl sites for hydroxylation is 1. The maximum atomic E-state index is 5.20. The Kier molecular flexibility index (Phi) is 5.16. The van der Waals surface area contributed by atoms with Crippen LogP contribution in [0.5, 0.6) is 0 Å². The monoisotopic (exact) mass is 431 g/mol. The molecule has 4 aromatic heterocycles. The number of anilines is 1. The summed E-state index contributed by atoms with van der Waals surface area (Å²) < 4.78 is 1.87. The molecule has 4 aromatic rings. The minimum absolute atomic E-state index is 0.332. The molecule has 1 saturated heterocycles. The van der Waals surface area contributed by atoms with Crippen molar-refractivity contribution in [1.29, 1.82) is 0 Å². The molecule has 1 atom stereocenters. The van der Waals surface area contributed by atoms with Crippen LogP contribution in [0, 0.1) is 19.8 Å². The molecule has 7 nitrogen and oxygen atoms in total. The topological polar surface area (TPSA) is 74.1 Å². The van der Waals surface area contributed by atoms with Crippen LogP contribution < -0.4 is 10.2 Å². The van der Waals surface area contributed by atoms with E-state index in [-0.39, 0.29) is 0 Å². The lowest BCUT2D eigenvalue weighted by atomic mass is 9.95. The van der Waals surface area contributed by atoms with E-state index >= 15 is 0 Å². The normalized spacial score (nSPS) is 17.4. The van der Waals surface area contributed by atoms with E-state index in [9.17, 15) is 0 Å². The Balaban J connectivity index is 1.64. The van der Waals surface area contributed by atoms with Gasteiger partial charge in [-0.3, -0.25) is 0 Å². The summed E-state index contributed by atoms with van der Waals surface area (Å²) in [4.78, 5) is 15.7. The third-order valence-corrected chi connectivity index (χ3v) is 6.97. The maximum Gasteiger partial charge on any atom is 0.158 e. The van der Waals surface area contributed by atoms with Crippen LogP contribution in [0.2, 0.25) is 0 Å². The van der Waals surface area contributed by atoms with E-state index in [1.54, 1.807) is 6.33 Å². The van der Waals surface area contributed by atoms with Gasteiger partial charge in [-0.1, -0.05) is 27.7 Å². The van der Waals surface area contributed by atoms with Gasteiger partial charge < -0.3 is 15.2 Å². The number of H-pyrrole nitrogens is 1. The summed E-state index contributed by atoms with van der Waals surface area (Å²) in [7, 11) is 0. The second kappa shape index (κ2) is 7.89. The van der Waals surface area contributed by atoms with Crippen molar-refractivity contribution in [3.63, 3.8) is 0 Å². The largest absolute Gasteiger partial charge is 0.354 e. The summed E-state index contributed by atoms with van der Waals surface area (Å²) in [5, 5.41) is 8.04. The number of rotatable bonds is 4. The fourth-order valence-electron chi connectivity index (χ4n) is 4.91. The van der Waals surface area contributed by atoms with Crippen LogP contribution >= 0.6 is 0 Å². The molecule has 1 aliphatic heterocycles. The molecule has 2 N–H and O–H groups in total. The Labute approximate surface area is 189 Å². The zero-order chi connectivity index (χ0) is 22.6. The number of pyridine rings is 2. The van der Waals surface area contributed by atoms with Crippen molar-refractivity contribution < 1.29 is 0 Å². The van der Waals surface area contributed by atoms with E-state index in [0.29, 0.717) is 17.9 Å². The Morgan fingerprint density at radius 1 is 1.09 bits per heavy atom. The number of aromatic nitrogens is 5. The van der Waals surface area contributed by atoms with Gasteiger partial charge in [-0.2, -0.15) is 5.10 Å². The zero-order valence-corrected chi connectivity index (χ0v) is 19.9. The zero-order valence-electron chi connectivity index (χ0n) is 19.9. The molecule has 168 valence electrons. The van der Waals surface area contributed by atoms with E-state index < -0.39 is 0 Å². The molecule has 1 unspecified atom stereocenters. The molecule has 5 heterocycles. The van der Waals surface area contributed by atoms with Crippen molar-refractivity contribution in [3.8, 4) is 11.3 Å². The standard InChI is InChI=1S/C25H33N7/c1-14(2)20-12-31(10-9-26-20)21-8-7-19-24(30-21)22(15(3)4)23(29-19)18-11-32-25(27-13-28-32)17(6)16(18)5/h7-8,11,13-15,20,26,29H,9-10,12H2,1-6H3. The van der Waals surface area contributed by atoms with E-state index in [4.69, 9.17) is 4.98 Å². The molecule has 0 aliphatic carbocycles. The third kappa shape index (κ3) is 3.35. The number of nitrogens with one attached hydrogen (secondary N) is 2. The van der Waals surface area contributed by atoms with Crippen molar-refractivity contribution in [3.05, 3.63) is 41.3 Å². The summed E-state index contributed by atoms with van der Waals surface area (Å²) in [5.74, 6) is 2.00. The number of piperazine rings is 1. The molecule has 0 aromatic carbocycles. The summed E-state index contributed by atoms with van der Waals surface area (Å²) in [6, 6.07) is 4.84. The van der Waals surface area contributed by atoms with E-state index in [0.717, 1.165) is 59.0 Å². The van der Waals surface area contributed by atoms with Crippen molar-refractivity contribution in [2.45, 2.75) is 53.5 Å².